The average Bonchev–Trinajstić information content (AvgIpc) is 2.67. The van der Waals surface area contributed by atoms with Crippen molar-refractivity contribution in [2.45, 2.75) is 0 Å². The lowest BCUT2D eigenvalue weighted by Gasteiger charge is -2.12. The summed E-state index contributed by atoms with van der Waals surface area (Å²) in [5, 5.41) is 8.13. The lowest BCUT2D eigenvalue weighted by atomic mass is 10.1. The molecule has 3 rings (SSSR count). The summed E-state index contributed by atoms with van der Waals surface area (Å²) in [6, 6.07) is 18.8. The first-order chi connectivity index (χ1) is 12.6. The second-order valence-electron chi connectivity index (χ2n) is 5.57. The van der Waals surface area contributed by atoms with Gasteiger partial charge in [0, 0.05) is 17.3 Å². The number of benzene rings is 3. The van der Waals surface area contributed by atoms with E-state index in [9.17, 15) is 4.79 Å². The smallest absolute Gasteiger partial charge is 0.257 e. The highest BCUT2D eigenvalue weighted by molar-refractivity contribution is 7.80. The molecule has 0 bridgehead atoms. The van der Waals surface area contributed by atoms with Gasteiger partial charge in [0.1, 0.15) is 11.5 Å². The Morgan fingerprint density at radius 3 is 2.19 bits per heavy atom. The van der Waals surface area contributed by atoms with Crippen LogP contribution in [0.15, 0.2) is 60.7 Å². The summed E-state index contributed by atoms with van der Waals surface area (Å²) in [6.07, 6.45) is 0. The van der Waals surface area contributed by atoms with Gasteiger partial charge < -0.3 is 14.8 Å². The van der Waals surface area contributed by atoms with E-state index in [1.165, 1.54) is 14.2 Å². The summed E-state index contributed by atoms with van der Waals surface area (Å²) in [4.78, 5) is 12.4. The number of hydrogen-bond donors (Lipinski definition) is 2. The molecule has 0 atom stereocenters. The molecule has 132 valence electrons. The van der Waals surface area contributed by atoms with Gasteiger partial charge in [0.2, 0.25) is 0 Å². The second-order valence-corrected chi connectivity index (χ2v) is 5.98. The molecule has 26 heavy (non-hydrogen) atoms. The quantitative estimate of drug-likeness (QED) is 0.684. The van der Waals surface area contributed by atoms with Crippen LogP contribution in [0, 0.1) is 0 Å². The lowest BCUT2D eigenvalue weighted by molar-refractivity contribution is 0.0977. The molecule has 3 aromatic carbocycles. The van der Waals surface area contributed by atoms with Gasteiger partial charge in [-0.2, -0.15) is 0 Å². The molecule has 0 heterocycles. The van der Waals surface area contributed by atoms with Crippen LogP contribution in [0.5, 0.6) is 11.5 Å². The molecule has 5 nitrogen and oxygen atoms in total. The molecular formula is C20H18N2O3S. The summed E-state index contributed by atoms with van der Waals surface area (Å²) in [7, 11) is 3.06. The minimum Gasteiger partial charge on any atom is -0.497 e. The lowest BCUT2D eigenvalue weighted by Crippen LogP contribution is -2.34. The highest BCUT2D eigenvalue weighted by atomic mass is 32.1. The number of fused-ring (bicyclic) bond motifs is 1. The highest BCUT2D eigenvalue weighted by Crippen LogP contribution is 2.22. The molecule has 3 aromatic rings. The number of nitrogens with one attached hydrogen (secondary N) is 2. The first kappa shape index (κ1) is 17.7. The molecule has 0 radical (unpaired) electrons. The van der Waals surface area contributed by atoms with Crippen molar-refractivity contribution in [2.24, 2.45) is 0 Å². The van der Waals surface area contributed by atoms with Gasteiger partial charge in [0.05, 0.1) is 14.2 Å². The Kier molecular flexibility index (Phi) is 5.34. The maximum Gasteiger partial charge on any atom is 0.257 e. The summed E-state index contributed by atoms with van der Waals surface area (Å²) in [5.74, 6) is 0.714. The van der Waals surface area contributed by atoms with Crippen LogP contribution in [0.25, 0.3) is 10.8 Å². The highest BCUT2D eigenvalue weighted by Gasteiger charge is 2.11. The van der Waals surface area contributed by atoms with Gasteiger partial charge in [-0.3, -0.25) is 10.1 Å². The van der Waals surface area contributed by atoms with Crippen molar-refractivity contribution >= 4 is 39.7 Å². The van der Waals surface area contributed by atoms with Crippen molar-refractivity contribution < 1.29 is 14.3 Å². The normalized spacial score (nSPS) is 10.2. The molecule has 0 spiro atoms. The van der Waals surface area contributed by atoms with E-state index in [0.717, 1.165) is 16.5 Å². The minimum atomic E-state index is -0.347. The Hall–Kier alpha value is -3.12. The molecule has 0 aliphatic heterocycles. The second kappa shape index (κ2) is 7.84. The Morgan fingerprint density at radius 1 is 0.885 bits per heavy atom. The van der Waals surface area contributed by atoms with E-state index in [4.69, 9.17) is 21.7 Å². The van der Waals surface area contributed by atoms with Crippen molar-refractivity contribution in [2.75, 3.05) is 19.5 Å². The zero-order valence-corrected chi connectivity index (χ0v) is 15.2. The monoisotopic (exact) mass is 366 g/mol. The van der Waals surface area contributed by atoms with Crippen LogP contribution < -0.4 is 20.1 Å². The topological polar surface area (TPSA) is 59.6 Å². The number of carbonyl (C=O) groups excluding carboxylic acids is 1. The molecule has 0 unspecified atom stereocenters. The van der Waals surface area contributed by atoms with Crippen molar-refractivity contribution in [3.8, 4) is 11.5 Å². The maximum absolute atomic E-state index is 12.4. The van der Waals surface area contributed by atoms with Gasteiger partial charge in [-0.05, 0) is 47.3 Å². The molecule has 1 amide bonds. The van der Waals surface area contributed by atoms with E-state index in [1.807, 2.05) is 42.5 Å². The molecule has 0 saturated heterocycles. The summed E-state index contributed by atoms with van der Waals surface area (Å²) < 4.78 is 10.4. The number of anilines is 1. The van der Waals surface area contributed by atoms with E-state index in [-0.39, 0.29) is 11.0 Å². The maximum atomic E-state index is 12.4. The molecule has 0 saturated carbocycles. The fourth-order valence-corrected chi connectivity index (χ4v) is 2.75. The summed E-state index contributed by atoms with van der Waals surface area (Å²) in [6.45, 7) is 0. The number of ether oxygens (including phenoxy) is 2. The Labute approximate surface area is 156 Å². The number of thiocarbonyl (C=S) groups is 1. The molecule has 6 heteroatoms. The number of rotatable bonds is 4. The molecule has 0 aliphatic rings. The van der Waals surface area contributed by atoms with Crippen LogP contribution in [0.1, 0.15) is 10.4 Å². The van der Waals surface area contributed by atoms with Crippen molar-refractivity contribution in [1.82, 2.24) is 5.32 Å². The largest absolute Gasteiger partial charge is 0.497 e. The van der Waals surface area contributed by atoms with Crippen molar-refractivity contribution in [1.29, 1.82) is 0 Å². The Bertz CT molecular complexity index is 950. The van der Waals surface area contributed by atoms with Crippen molar-refractivity contribution in [3.05, 3.63) is 66.2 Å². The molecule has 0 aromatic heterocycles. The van der Waals surface area contributed by atoms with Gasteiger partial charge in [-0.25, -0.2) is 0 Å². The average molecular weight is 366 g/mol. The van der Waals surface area contributed by atoms with Crippen LogP contribution in [0.4, 0.5) is 5.69 Å². The third-order valence-electron chi connectivity index (χ3n) is 3.85. The SMILES string of the molecule is COc1cc(OC)cc(C(=O)NC(=S)Nc2ccc3ccccc3c2)c1. The van der Waals surface area contributed by atoms with Gasteiger partial charge in [-0.1, -0.05) is 30.3 Å². The standard InChI is InChI=1S/C20H18N2O3S/c1-24-17-10-15(11-18(12-17)25-2)19(23)22-20(26)21-16-8-7-13-5-3-4-6-14(13)9-16/h3-12H,1-2H3,(H2,21,22,23,26). The molecular weight excluding hydrogens is 348 g/mol. The number of methoxy groups -OCH3 is 2. The fraction of sp³-hybridized carbons (Fsp3) is 0.100. The van der Waals surface area contributed by atoms with Gasteiger partial charge in [-0.15, -0.1) is 0 Å². The first-order valence-electron chi connectivity index (χ1n) is 7.93. The summed E-state index contributed by atoms with van der Waals surface area (Å²) >= 11 is 5.25. The van der Waals surface area contributed by atoms with E-state index >= 15 is 0 Å². The van der Waals surface area contributed by atoms with Gasteiger partial charge >= 0.3 is 0 Å². The van der Waals surface area contributed by atoms with E-state index in [0.29, 0.717) is 17.1 Å². The third kappa shape index (κ3) is 4.10. The van der Waals surface area contributed by atoms with Crippen molar-refractivity contribution in [3.63, 3.8) is 0 Å². The van der Waals surface area contributed by atoms with Crippen LogP contribution in [-0.4, -0.2) is 25.2 Å². The number of hydrogen-bond acceptors (Lipinski definition) is 4. The van der Waals surface area contributed by atoms with Crippen LogP contribution in [-0.2, 0) is 0 Å². The van der Waals surface area contributed by atoms with E-state index in [1.54, 1.807) is 18.2 Å². The van der Waals surface area contributed by atoms with Gasteiger partial charge in [0.25, 0.3) is 5.91 Å². The van der Waals surface area contributed by atoms with Crippen LogP contribution in [0.3, 0.4) is 0 Å². The Balaban J connectivity index is 1.71. The fourth-order valence-electron chi connectivity index (χ4n) is 2.54. The Morgan fingerprint density at radius 2 is 1.54 bits per heavy atom. The zero-order valence-electron chi connectivity index (χ0n) is 14.4. The first-order valence-corrected chi connectivity index (χ1v) is 8.34. The van der Waals surface area contributed by atoms with Crippen LogP contribution >= 0.6 is 12.2 Å². The molecule has 0 fully saturated rings. The van der Waals surface area contributed by atoms with E-state index < -0.39 is 0 Å². The third-order valence-corrected chi connectivity index (χ3v) is 4.05. The van der Waals surface area contributed by atoms with Gasteiger partial charge in [0.15, 0.2) is 5.11 Å². The molecule has 2 N–H and O–H groups in total. The number of amides is 1. The predicted molar refractivity (Wildman–Crippen MR) is 107 cm³/mol. The minimum absolute atomic E-state index is 0.215. The molecule has 0 aliphatic carbocycles. The zero-order chi connectivity index (χ0) is 18.5. The van der Waals surface area contributed by atoms with E-state index in [2.05, 4.69) is 10.6 Å². The number of carbonyl (C=O) groups is 1. The van der Waals surface area contributed by atoms with Crippen LogP contribution in [0.2, 0.25) is 0 Å². The predicted octanol–water partition coefficient (Wildman–Crippen LogP) is 3.98. The summed E-state index contributed by atoms with van der Waals surface area (Å²) in [5.41, 5.74) is 1.20.